The molecule has 2 heterocycles. The maximum atomic E-state index is 9.42. The molecule has 2 saturated heterocycles. The van der Waals surface area contributed by atoms with Gasteiger partial charge in [-0.05, 0) is 5.92 Å². The van der Waals surface area contributed by atoms with Crippen LogP contribution in [0, 0.1) is 11.3 Å². The Bertz CT molecular complexity index is 228. The van der Waals surface area contributed by atoms with Gasteiger partial charge in [-0.15, -0.1) is 0 Å². The lowest BCUT2D eigenvalue weighted by Crippen LogP contribution is -2.57. The van der Waals surface area contributed by atoms with Crippen molar-refractivity contribution in [1.29, 1.82) is 0 Å². The predicted molar refractivity (Wildman–Crippen MR) is 68.1 cm³/mol. The number of ether oxygens (including phenoxy) is 1. The van der Waals surface area contributed by atoms with Crippen molar-refractivity contribution in [2.75, 3.05) is 59.1 Å². The Kier molecular flexibility index (Phi) is 4.42. The fourth-order valence-electron chi connectivity index (χ4n) is 2.74. The number of nitrogens with zero attached hydrogens (tertiary/aromatic N) is 2. The molecule has 17 heavy (non-hydrogen) atoms. The van der Waals surface area contributed by atoms with Crippen LogP contribution in [0.5, 0.6) is 0 Å². The molecule has 0 aliphatic carbocycles. The van der Waals surface area contributed by atoms with Crippen LogP contribution in [-0.4, -0.2) is 74.0 Å². The lowest BCUT2D eigenvalue weighted by Gasteiger charge is -2.45. The SMILES string of the molecule is CC(C)CN1CCN(CC2(CO)COC2)CC1. The van der Waals surface area contributed by atoms with E-state index in [4.69, 9.17) is 4.74 Å². The van der Waals surface area contributed by atoms with E-state index in [1.165, 1.54) is 19.6 Å². The molecule has 0 amide bonds. The maximum Gasteiger partial charge on any atom is 0.0579 e. The molecule has 0 radical (unpaired) electrons. The van der Waals surface area contributed by atoms with Crippen molar-refractivity contribution in [3.63, 3.8) is 0 Å². The molecule has 0 bridgehead atoms. The number of piperazine rings is 1. The standard InChI is InChI=1S/C13H26N2O2/c1-12(2)7-14-3-5-15(6-4-14)8-13(9-16)10-17-11-13/h12,16H,3-11H2,1-2H3. The van der Waals surface area contributed by atoms with Crippen LogP contribution < -0.4 is 0 Å². The quantitative estimate of drug-likeness (QED) is 0.751. The molecule has 1 N–H and O–H groups in total. The predicted octanol–water partition coefficient (Wildman–Crippen LogP) is 0.269. The van der Waals surface area contributed by atoms with Crippen molar-refractivity contribution in [3.8, 4) is 0 Å². The lowest BCUT2D eigenvalue weighted by atomic mass is 9.86. The summed E-state index contributed by atoms with van der Waals surface area (Å²) in [4.78, 5) is 5.03. The van der Waals surface area contributed by atoms with E-state index in [0.29, 0.717) is 0 Å². The zero-order valence-electron chi connectivity index (χ0n) is 11.2. The van der Waals surface area contributed by atoms with Crippen molar-refractivity contribution >= 4 is 0 Å². The number of hydrogen-bond donors (Lipinski definition) is 1. The first-order valence-electron chi connectivity index (χ1n) is 6.77. The average Bonchev–Trinajstić information content (AvgIpc) is 2.25. The van der Waals surface area contributed by atoms with Crippen molar-refractivity contribution in [2.45, 2.75) is 13.8 Å². The Morgan fingerprint density at radius 3 is 2.12 bits per heavy atom. The Morgan fingerprint density at radius 2 is 1.71 bits per heavy atom. The first-order chi connectivity index (χ1) is 8.13. The zero-order valence-corrected chi connectivity index (χ0v) is 11.2. The summed E-state index contributed by atoms with van der Waals surface area (Å²) in [5, 5.41) is 9.42. The molecule has 0 spiro atoms. The number of aliphatic hydroxyl groups excluding tert-OH is 1. The third-order valence-corrected chi connectivity index (χ3v) is 3.80. The molecule has 0 unspecified atom stereocenters. The Labute approximate surface area is 105 Å². The molecule has 0 atom stereocenters. The minimum Gasteiger partial charge on any atom is -0.396 e. The second-order valence-corrected chi connectivity index (χ2v) is 6.12. The normalized spacial score (nSPS) is 26.1. The summed E-state index contributed by atoms with van der Waals surface area (Å²) in [5.74, 6) is 0.755. The largest absolute Gasteiger partial charge is 0.396 e. The van der Waals surface area contributed by atoms with E-state index < -0.39 is 0 Å². The highest BCUT2D eigenvalue weighted by molar-refractivity contribution is 4.89. The molecular weight excluding hydrogens is 216 g/mol. The van der Waals surface area contributed by atoms with Gasteiger partial charge >= 0.3 is 0 Å². The van der Waals surface area contributed by atoms with E-state index in [1.807, 2.05) is 0 Å². The molecule has 2 aliphatic heterocycles. The third-order valence-electron chi connectivity index (χ3n) is 3.80. The fourth-order valence-corrected chi connectivity index (χ4v) is 2.74. The fraction of sp³-hybridized carbons (Fsp3) is 1.00. The maximum absolute atomic E-state index is 9.42. The Balaban J connectivity index is 1.72. The Hall–Kier alpha value is -0.160. The summed E-state index contributed by atoms with van der Waals surface area (Å²) in [5.41, 5.74) is 0.0419. The van der Waals surface area contributed by atoms with Crippen LogP contribution in [0.2, 0.25) is 0 Å². The molecule has 4 heteroatoms. The van der Waals surface area contributed by atoms with Gasteiger partial charge in [0, 0.05) is 39.3 Å². The van der Waals surface area contributed by atoms with Crippen LogP contribution in [0.4, 0.5) is 0 Å². The molecular formula is C13H26N2O2. The molecule has 100 valence electrons. The monoisotopic (exact) mass is 242 g/mol. The smallest absolute Gasteiger partial charge is 0.0579 e. The van der Waals surface area contributed by atoms with Gasteiger partial charge in [-0.2, -0.15) is 0 Å². The molecule has 0 aromatic rings. The van der Waals surface area contributed by atoms with Gasteiger partial charge in [0.1, 0.15) is 0 Å². The van der Waals surface area contributed by atoms with E-state index in [-0.39, 0.29) is 12.0 Å². The molecule has 0 aromatic carbocycles. The summed E-state index contributed by atoms with van der Waals surface area (Å²) in [6.07, 6.45) is 0. The third kappa shape index (κ3) is 3.41. The van der Waals surface area contributed by atoms with Crippen LogP contribution in [0.25, 0.3) is 0 Å². The summed E-state index contributed by atoms with van der Waals surface area (Å²) in [6, 6.07) is 0. The van der Waals surface area contributed by atoms with E-state index in [2.05, 4.69) is 23.6 Å². The molecule has 2 aliphatic rings. The van der Waals surface area contributed by atoms with Gasteiger partial charge in [0.15, 0.2) is 0 Å². The van der Waals surface area contributed by atoms with Crippen molar-refractivity contribution in [3.05, 3.63) is 0 Å². The van der Waals surface area contributed by atoms with Gasteiger partial charge < -0.3 is 14.7 Å². The van der Waals surface area contributed by atoms with Crippen LogP contribution in [-0.2, 0) is 4.74 Å². The van der Waals surface area contributed by atoms with Crippen molar-refractivity contribution in [2.24, 2.45) is 11.3 Å². The van der Waals surface area contributed by atoms with Gasteiger partial charge in [-0.1, -0.05) is 13.8 Å². The average molecular weight is 242 g/mol. The van der Waals surface area contributed by atoms with Crippen molar-refractivity contribution < 1.29 is 9.84 Å². The number of rotatable bonds is 5. The summed E-state index contributed by atoms with van der Waals surface area (Å²) < 4.78 is 5.25. The van der Waals surface area contributed by atoms with E-state index in [1.54, 1.807) is 0 Å². The van der Waals surface area contributed by atoms with Gasteiger partial charge in [-0.25, -0.2) is 0 Å². The van der Waals surface area contributed by atoms with Crippen LogP contribution in [0.3, 0.4) is 0 Å². The highest BCUT2D eigenvalue weighted by Gasteiger charge is 2.40. The van der Waals surface area contributed by atoms with Crippen LogP contribution in [0.15, 0.2) is 0 Å². The molecule has 2 rings (SSSR count). The Morgan fingerprint density at radius 1 is 1.12 bits per heavy atom. The highest BCUT2D eigenvalue weighted by Crippen LogP contribution is 2.28. The van der Waals surface area contributed by atoms with Crippen molar-refractivity contribution in [1.82, 2.24) is 9.80 Å². The molecule has 4 nitrogen and oxygen atoms in total. The minimum absolute atomic E-state index is 0.0419. The number of hydrogen-bond acceptors (Lipinski definition) is 4. The highest BCUT2D eigenvalue weighted by atomic mass is 16.5. The second kappa shape index (κ2) is 5.65. The van der Waals surface area contributed by atoms with Crippen LogP contribution in [0.1, 0.15) is 13.8 Å². The topological polar surface area (TPSA) is 35.9 Å². The van der Waals surface area contributed by atoms with Gasteiger partial charge in [0.25, 0.3) is 0 Å². The second-order valence-electron chi connectivity index (χ2n) is 6.12. The summed E-state index contributed by atoms with van der Waals surface area (Å²) in [6.45, 7) is 13.1. The molecule has 0 aromatic heterocycles. The minimum atomic E-state index is 0.0419. The first-order valence-corrected chi connectivity index (χ1v) is 6.77. The first kappa shape index (κ1) is 13.3. The number of aliphatic hydroxyl groups is 1. The summed E-state index contributed by atoms with van der Waals surface area (Å²) >= 11 is 0. The van der Waals surface area contributed by atoms with Gasteiger partial charge in [0.05, 0.1) is 25.2 Å². The zero-order chi connectivity index (χ0) is 12.3. The van der Waals surface area contributed by atoms with E-state index in [0.717, 1.165) is 38.8 Å². The van der Waals surface area contributed by atoms with Gasteiger partial charge in [-0.3, -0.25) is 4.90 Å². The molecule has 2 fully saturated rings. The van der Waals surface area contributed by atoms with E-state index in [9.17, 15) is 5.11 Å². The van der Waals surface area contributed by atoms with Crippen LogP contribution >= 0.6 is 0 Å². The molecule has 0 saturated carbocycles. The lowest BCUT2D eigenvalue weighted by molar-refractivity contribution is -0.150. The summed E-state index contributed by atoms with van der Waals surface area (Å²) in [7, 11) is 0. The van der Waals surface area contributed by atoms with E-state index >= 15 is 0 Å². The van der Waals surface area contributed by atoms with Gasteiger partial charge in [0.2, 0.25) is 0 Å².